The number of imidazole rings is 1. The summed E-state index contributed by atoms with van der Waals surface area (Å²) in [5.74, 6) is 0.870. The van der Waals surface area contributed by atoms with E-state index < -0.39 is 11.7 Å². The summed E-state index contributed by atoms with van der Waals surface area (Å²) in [7, 11) is 0. The number of urea groups is 1. The van der Waals surface area contributed by atoms with Gasteiger partial charge in [-0.3, -0.25) is 4.90 Å². The maximum atomic E-state index is 12.8. The maximum absolute atomic E-state index is 12.8. The van der Waals surface area contributed by atoms with Gasteiger partial charge in [-0.15, -0.1) is 0 Å². The van der Waals surface area contributed by atoms with Crippen molar-refractivity contribution >= 4 is 17.8 Å². The van der Waals surface area contributed by atoms with Gasteiger partial charge in [0.25, 0.3) is 0 Å². The van der Waals surface area contributed by atoms with Gasteiger partial charge in [0.15, 0.2) is 0 Å². The molecule has 3 aromatic rings. The number of anilines is 2. The Morgan fingerprint density at radius 1 is 1.14 bits per heavy atom. The quantitative estimate of drug-likeness (QED) is 0.508. The van der Waals surface area contributed by atoms with Crippen LogP contribution in [0.15, 0.2) is 49.1 Å². The molecule has 1 spiro atoms. The number of amides is 2. The van der Waals surface area contributed by atoms with Crippen molar-refractivity contribution in [3.63, 3.8) is 0 Å². The number of hydrogen-bond acceptors (Lipinski definition) is 5. The summed E-state index contributed by atoms with van der Waals surface area (Å²) in [5, 5.41) is 6.16. The van der Waals surface area contributed by atoms with Crippen LogP contribution in [0.5, 0.6) is 0 Å². The number of nitrogens with zero attached hydrogens (tertiary/aromatic N) is 5. The Morgan fingerprint density at radius 2 is 1.83 bits per heavy atom. The van der Waals surface area contributed by atoms with Gasteiger partial charge in [-0.2, -0.15) is 18.2 Å². The van der Waals surface area contributed by atoms with Gasteiger partial charge in [0, 0.05) is 18.1 Å². The molecule has 8 nitrogen and oxygen atoms in total. The van der Waals surface area contributed by atoms with Gasteiger partial charge in [-0.05, 0) is 50.1 Å². The molecular formula is C24H28F3N7O. The molecule has 0 radical (unpaired) electrons. The van der Waals surface area contributed by atoms with Crippen LogP contribution in [0.25, 0.3) is 5.69 Å². The van der Waals surface area contributed by atoms with Gasteiger partial charge in [0.05, 0.1) is 35.7 Å². The molecule has 1 atom stereocenters. The average molecular weight is 488 g/mol. The highest BCUT2D eigenvalue weighted by Crippen LogP contribution is 2.40. The van der Waals surface area contributed by atoms with Gasteiger partial charge in [-0.1, -0.05) is 20.3 Å². The summed E-state index contributed by atoms with van der Waals surface area (Å²) in [6.07, 6.45) is 3.68. The molecule has 5 rings (SSSR count). The predicted octanol–water partition coefficient (Wildman–Crippen LogP) is 5.33. The molecule has 2 fully saturated rings. The fourth-order valence-electron chi connectivity index (χ4n) is 3.69. The first kappa shape index (κ1) is 24.5. The van der Waals surface area contributed by atoms with Crippen LogP contribution in [0.1, 0.15) is 57.3 Å². The molecule has 1 saturated heterocycles. The number of benzene rings is 1. The van der Waals surface area contributed by atoms with E-state index in [0.717, 1.165) is 25.0 Å². The van der Waals surface area contributed by atoms with E-state index in [9.17, 15) is 18.0 Å². The molecule has 3 heterocycles. The Bertz CT molecular complexity index is 1170. The highest BCUT2D eigenvalue weighted by molar-refractivity contribution is 5.95. The molecule has 2 N–H and O–H groups in total. The van der Waals surface area contributed by atoms with Gasteiger partial charge in [0.2, 0.25) is 5.95 Å². The molecule has 35 heavy (non-hydrogen) atoms. The summed E-state index contributed by atoms with van der Waals surface area (Å²) in [4.78, 5) is 26.9. The summed E-state index contributed by atoms with van der Waals surface area (Å²) in [5.41, 5.74) is 0.424. The van der Waals surface area contributed by atoms with Gasteiger partial charge < -0.3 is 15.2 Å². The Morgan fingerprint density at radius 3 is 2.43 bits per heavy atom. The predicted molar refractivity (Wildman–Crippen MR) is 126 cm³/mol. The standard InChI is InChI=1S/C21H20F3N7O.C3H8/c1-13(16-10-30(12-26-16)15-4-2-14(3-5-15)21(22,23)24)27-18-25-9-6-17(28-18)31-11-20(7-8-20)29-19(31)32;1-3-2/h2-6,9-10,12-13H,7-8,11H2,1H3,(H,29,32)(H,25,27,28);3H2,1-2H3/t13-;/m0./s1. The Hall–Kier alpha value is -3.63. The molecule has 186 valence electrons. The molecule has 0 bridgehead atoms. The van der Waals surface area contributed by atoms with Gasteiger partial charge in [0.1, 0.15) is 5.82 Å². The van der Waals surface area contributed by atoms with Crippen molar-refractivity contribution < 1.29 is 18.0 Å². The largest absolute Gasteiger partial charge is 0.416 e. The van der Waals surface area contributed by atoms with Gasteiger partial charge in [-0.25, -0.2) is 14.8 Å². The van der Waals surface area contributed by atoms with Crippen LogP contribution in [0.2, 0.25) is 0 Å². The fourth-order valence-corrected chi connectivity index (χ4v) is 3.69. The Labute approximate surface area is 201 Å². The van der Waals surface area contributed by atoms with E-state index in [1.807, 2.05) is 6.92 Å². The zero-order valence-corrected chi connectivity index (χ0v) is 19.8. The van der Waals surface area contributed by atoms with Crippen molar-refractivity contribution in [1.29, 1.82) is 0 Å². The minimum atomic E-state index is -4.37. The molecule has 1 aromatic carbocycles. The lowest BCUT2D eigenvalue weighted by atomic mass is 10.2. The topological polar surface area (TPSA) is 88.0 Å². The molecule has 1 aliphatic heterocycles. The second-order valence-electron chi connectivity index (χ2n) is 8.86. The maximum Gasteiger partial charge on any atom is 0.416 e. The monoisotopic (exact) mass is 487 g/mol. The fraction of sp³-hybridized carbons (Fsp3) is 0.417. The minimum absolute atomic E-state index is 0.103. The average Bonchev–Trinajstić information content (AvgIpc) is 3.24. The second kappa shape index (κ2) is 9.55. The number of carbonyl (C=O) groups is 1. The van der Waals surface area contributed by atoms with Crippen LogP contribution in [0, 0.1) is 0 Å². The van der Waals surface area contributed by atoms with Gasteiger partial charge >= 0.3 is 12.2 Å². The zero-order valence-electron chi connectivity index (χ0n) is 19.8. The minimum Gasteiger partial charge on any atom is -0.346 e. The second-order valence-corrected chi connectivity index (χ2v) is 8.86. The Kier molecular flexibility index (Phi) is 6.68. The van der Waals surface area contributed by atoms with Crippen LogP contribution in [0.4, 0.5) is 29.7 Å². The summed E-state index contributed by atoms with van der Waals surface area (Å²) >= 11 is 0. The lowest BCUT2D eigenvalue weighted by Crippen LogP contribution is -2.29. The third-order valence-corrected chi connectivity index (χ3v) is 5.73. The van der Waals surface area contributed by atoms with Crippen LogP contribution in [0.3, 0.4) is 0 Å². The van der Waals surface area contributed by atoms with E-state index in [4.69, 9.17) is 0 Å². The molecule has 1 aliphatic carbocycles. The lowest BCUT2D eigenvalue weighted by Gasteiger charge is -2.16. The van der Waals surface area contributed by atoms with E-state index in [1.165, 1.54) is 24.9 Å². The molecule has 2 amide bonds. The van der Waals surface area contributed by atoms with E-state index in [-0.39, 0.29) is 17.6 Å². The highest BCUT2D eigenvalue weighted by atomic mass is 19.4. The summed E-state index contributed by atoms with van der Waals surface area (Å²) in [6, 6.07) is 6.13. The number of alkyl halides is 3. The van der Waals surface area contributed by atoms with E-state index in [1.54, 1.807) is 27.9 Å². The van der Waals surface area contributed by atoms with Crippen molar-refractivity contribution in [2.24, 2.45) is 0 Å². The molecule has 2 aromatic heterocycles. The molecule has 11 heteroatoms. The van der Waals surface area contributed by atoms with Crippen LogP contribution in [-0.2, 0) is 6.18 Å². The summed E-state index contributed by atoms with van der Waals surface area (Å²) < 4.78 is 39.9. The van der Waals surface area contributed by atoms with E-state index in [2.05, 4.69) is 39.4 Å². The third kappa shape index (κ3) is 5.55. The van der Waals surface area contributed by atoms with Crippen LogP contribution >= 0.6 is 0 Å². The van der Waals surface area contributed by atoms with Crippen molar-refractivity contribution in [1.82, 2.24) is 24.8 Å². The van der Waals surface area contributed by atoms with E-state index >= 15 is 0 Å². The third-order valence-electron chi connectivity index (χ3n) is 5.73. The normalized spacial score (nSPS) is 17.0. The Balaban J connectivity index is 0.000000917. The van der Waals surface area contributed by atoms with Crippen molar-refractivity contribution in [3.05, 3.63) is 60.3 Å². The number of aromatic nitrogens is 4. The number of hydrogen-bond donors (Lipinski definition) is 2. The van der Waals surface area contributed by atoms with E-state index in [0.29, 0.717) is 29.7 Å². The smallest absolute Gasteiger partial charge is 0.346 e. The van der Waals surface area contributed by atoms with Crippen LogP contribution in [-0.4, -0.2) is 37.6 Å². The first-order valence-corrected chi connectivity index (χ1v) is 11.5. The molecular weight excluding hydrogens is 459 g/mol. The number of nitrogens with one attached hydrogen (secondary N) is 2. The highest BCUT2D eigenvalue weighted by Gasteiger charge is 2.52. The van der Waals surface area contributed by atoms with Crippen molar-refractivity contribution in [2.45, 2.75) is 57.8 Å². The van der Waals surface area contributed by atoms with Crippen molar-refractivity contribution in [2.75, 3.05) is 16.8 Å². The zero-order chi connectivity index (χ0) is 25.2. The lowest BCUT2D eigenvalue weighted by molar-refractivity contribution is -0.137. The molecule has 0 unspecified atom stereocenters. The van der Waals surface area contributed by atoms with Crippen LogP contribution < -0.4 is 15.5 Å². The molecule has 2 aliphatic rings. The number of rotatable bonds is 5. The number of carbonyl (C=O) groups excluding carboxylic acids is 1. The first-order valence-electron chi connectivity index (χ1n) is 11.5. The number of halogens is 3. The SMILES string of the molecule is CCC.C[C@H](Nc1nccc(N2CC3(CC3)NC2=O)n1)c1cn(-c2ccc(C(F)(F)F)cc2)cn1. The first-order chi connectivity index (χ1) is 16.6. The summed E-state index contributed by atoms with van der Waals surface area (Å²) in [6.45, 7) is 6.71. The molecule has 1 saturated carbocycles. The van der Waals surface area contributed by atoms with Crippen molar-refractivity contribution in [3.8, 4) is 5.69 Å².